The SMILES string of the molecule is CC(NC(=O)c1ccc(Br)cc1F)c1ccc(-n2cncn2)cc1. The molecule has 0 aliphatic heterocycles. The molecule has 0 fully saturated rings. The van der Waals surface area contributed by atoms with Crippen molar-refractivity contribution < 1.29 is 9.18 Å². The minimum Gasteiger partial charge on any atom is -0.345 e. The van der Waals surface area contributed by atoms with Crippen molar-refractivity contribution in [2.45, 2.75) is 13.0 Å². The molecule has 3 aromatic rings. The predicted octanol–water partition coefficient (Wildman–Crippen LogP) is 3.66. The normalized spacial score (nSPS) is 12.0. The highest BCUT2D eigenvalue weighted by molar-refractivity contribution is 9.10. The monoisotopic (exact) mass is 388 g/mol. The van der Waals surface area contributed by atoms with E-state index >= 15 is 0 Å². The summed E-state index contributed by atoms with van der Waals surface area (Å²) >= 11 is 3.17. The number of hydrogen-bond donors (Lipinski definition) is 1. The minimum atomic E-state index is -0.560. The Morgan fingerprint density at radius 2 is 2.00 bits per heavy atom. The van der Waals surface area contributed by atoms with Crippen LogP contribution in [0.15, 0.2) is 59.6 Å². The lowest BCUT2D eigenvalue weighted by molar-refractivity contribution is 0.0936. The van der Waals surface area contributed by atoms with Crippen molar-refractivity contribution >= 4 is 21.8 Å². The average Bonchev–Trinajstić information content (AvgIpc) is 3.09. The van der Waals surface area contributed by atoms with Gasteiger partial charge in [0.2, 0.25) is 0 Å². The minimum absolute atomic E-state index is 0.0179. The van der Waals surface area contributed by atoms with Gasteiger partial charge in [-0.05, 0) is 42.8 Å². The molecular formula is C17H14BrFN4O. The van der Waals surface area contributed by atoms with Crippen LogP contribution in [0, 0.1) is 5.82 Å². The lowest BCUT2D eigenvalue weighted by Gasteiger charge is -2.15. The van der Waals surface area contributed by atoms with Gasteiger partial charge in [-0.3, -0.25) is 4.79 Å². The van der Waals surface area contributed by atoms with Crippen LogP contribution in [0.25, 0.3) is 5.69 Å². The number of aromatic nitrogens is 3. The molecule has 2 aromatic carbocycles. The van der Waals surface area contributed by atoms with Gasteiger partial charge in [0.15, 0.2) is 0 Å². The summed E-state index contributed by atoms with van der Waals surface area (Å²) in [4.78, 5) is 16.1. The molecule has 24 heavy (non-hydrogen) atoms. The van der Waals surface area contributed by atoms with Gasteiger partial charge < -0.3 is 5.32 Å². The zero-order valence-corrected chi connectivity index (χ0v) is 14.4. The van der Waals surface area contributed by atoms with Crippen molar-refractivity contribution in [1.82, 2.24) is 20.1 Å². The second kappa shape index (κ2) is 6.92. The smallest absolute Gasteiger partial charge is 0.254 e. The van der Waals surface area contributed by atoms with E-state index in [-0.39, 0.29) is 11.6 Å². The summed E-state index contributed by atoms with van der Waals surface area (Å²) in [5.41, 5.74) is 1.79. The van der Waals surface area contributed by atoms with E-state index in [1.807, 2.05) is 31.2 Å². The Balaban J connectivity index is 1.72. The Hall–Kier alpha value is -2.54. The van der Waals surface area contributed by atoms with Gasteiger partial charge in [0.1, 0.15) is 18.5 Å². The Bertz CT molecular complexity index is 850. The first-order valence-corrected chi connectivity index (χ1v) is 8.05. The number of nitrogens with zero attached hydrogens (tertiary/aromatic N) is 3. The van der Waals surface area contributed by atoms with E-state index in [2.05, 4.69) is 31.3 Å². The van der Waals surface area contributed by atoms with Crippen molar-refractivity contribution in [3.05, 3.63) is 76.5 Å². The average molecular weight is 389 g/mol. The van der Waals surface area contributed by atoms with E-state index in [1.165, 1.54) is 18.5 Å². The first-order chi connectivity index (χ1) is 11.5. The highest BCUT2D eigenvalue weighted by Crippen LogP contribution is 2.18. The second-order valence-corrected chi connectivity index (χ2v) is 6.17. The maximum atomic E-state index is 13.9. The number of benzene rings is 2. The molecule has 0 aliphatic carbocycles. The third kappa shape index (κ3) is 3.51. The van der Waals surface area contributed by atoms with Gasteiger partial charge >= 0.3 is 0 Å². The maximum absolute atomic E-state index is 13.9. The summed E-state index contributed by atoms with van der Waals surface area (Å²) in [7, 11) is 0. The van der Waals surface area contributed by atoms with Gasteiger partial charge in [0.05, 0.1) is 17.3 Å². The lowest BCUT2D eigenvalue weighted by atomic mass is 10.1. The Morgan fingerprint density at radius 3 is 2.62 bits per heavy atom. The number of carbonyl (C=O) groups excluding carboxylic acids is 1. The van der Waals surface area contributed by atoms with Gasteiger partial charge in [-0.2, -0.15) is 5.10 Å². The maximum Gasteiger partial charge on any atom is 0.254 e. The molecule has 1 aromatic heterocycles. The van der Waals surface area contributed by atoms with Crippen LogP contribution < -0.4 is 5.32 Å². The first-order valence-electron chi connectivity index (χ1n) is 7.25. The molecule has 0 spiro atoms. The first kappa shape index (κ1) is 16.3. The number of nitrogens with one attached hydrogen (secondary N) is 1. The van der Waals surface area contributed by atoms with Gasteiger partial charge in [-0.15, -0.1) is 0 Å². The number of rotatable bonds is 4. The lowest BCUT2D eigenvalue weighted by Crippen LogP contribution is -2.27. The third-order valence-electron chi connectivity index (χ3n) is 3.60. The molecule has 1 heterocycles. The quantitative estimate of drug-likeness (QED) is 0.741. The van der Waals surface area contributed by atoms with Crippen molar-refractivity contribution in [3.63, 3.8) is 0 Å². The van der Waals surface area contributed by atoms with E-state index in [4.69, 9.17) is 0 Å². The van der Waals surface area contributed by atoms with E-state index in [0.717, 1.165) is 11.3 Å². The number of hydrogen-bond acceptors (Lipinski definition) is 3. The number of halogens is 2. The molecule has 122 valence electrons. The summed E-state index contributed by atoms with van der Waals surface area (Å²) < 4.78 is 16.1. The Kier molecular flexibility index (Phi) is 4.71. The zero-order valence-electron chi connectivity index (χ0n) is 12.8. The van der Waals surface area contributed by atoms with Crippen molar-refractivity contribution in [2.75, 3.05) is 0 Å². The van der Waals surface area contributed by atoms with Crippen LogP contribution in [-0.4, -0.2) is 20.7 Å². The van der Waals surface area contributed by atoms with Crippen LogP contribution in [0.3, 0.4) is 0 Å². The molecule has 0 aliphatic rings. The van der Waals surface area contributed by atoms with Gasteiger partial charge in [-0.1, -0.05) is 28.1 Å². The van der Waals surface area contributed by atoms with Crippen LogP contribution in [0.4, 0.5) is 4.39 Å². The zero-order chi connectivity index (χ0) is 17.1. The second-order valence-electron chi connectivity index (χ2n) is 5.25. The fourth-order valence-corrected chi connectivity index (χ4v) is 2.62. The van der Waals surface area contributed by atoms with Gasteiger partial charge in [0.25, 0.3) is 5.91 Å². The van der Waals surface area contributed by atoms with Crippen molar-refractivity contribution in [2.24, 2.45) is 0 Å². The number of amides is 1. The molecule has 0 saturated carbocycles. The van der Waals surface area contributed by atoms with Crippen LogP contribution in [0.1, 0.15) is 28.9 Å². The van der Waals surface area contributed by atoms with E-state index < -0.39 is 11.7 Å². The van der Waals surface area contributed by atoms with Crippen LogP contribution in [-0.2, 0) is 0 Å². The molecule has 0 radical (unpaired) electrons. The fraction of sp³-hybridized carbons (Fsp3) is 0.118. The molecule has 0 saturated heterocycles. The molecule has 3 rings (SSSR count). The van der Waals surface area contributed by atoms with Crippen LogP contribution in [0.2, 0.25) is 0 Å². The number of carbonyl (C=O) groups is 1. The molecule has 1 atom stereocenters. The summed E-state index contributed by atoms with van der Waals surface area (Å²) in [5.74, 6) is -1.01. The molecule has 1 amide bonds. The van der Waals surface area contributed by atoms with Gasteiger partial charge in [-0.25, -0.2) is 14.1 Å². The molecule has 1 unspecified atom stereocenters. The predicted molar refractivity (Wildman–Crippen MR) is 91.3 cm³/mol. The summed E-state index contributed by atoms with van der Waals surface area (Å²) in [6.45, 7) is 1.85. The third-order valence-corrected chi connectivity index (χ3v) is 4.09. The van der Waals surface area contributed by atoms with Gasteiger partial charge in [0, 0.05) is 4.47 Å². The summed E-state index contributed by atoms with van der Waals surface area (Å²) in [6, 6.07) is 11.6. The Morgan fingerprint density at radius 1 is 1.25 bits per heavy atom. The topological polar surface area (TPSA) is 59.8 Å². The van der Waals surface area contributed by atoms with E-state index in [0.29, 0.717) is 4.47 Å². The fourth-order valence-electron chi connectivity index (χ4n) is 2.29. The van der Waals surface area contributed by atoms with Crippen LogP contribution in [0.5, 0.6) is 0 Å². The Labute approximate surface area is 146 Å². The van der Waals surface area contributed by atoms with Crippen LogP contribution >= 0.6 is 15.9 Å². The van der Waals surface area contributed by atoms with Crippen molar-refractivity contribution in [1.29, 1.82) is 0 Å². The highest BCUT2D eigenvalue weighted by Gasteiger charge is 2.15. The van der Waals surface area contributed by atoms with E-state index in [9.17, 15) is 9.18 Å². The van der Waals surface area contributed by atoms with Crippen molar-refractivity contribution in [3.8, 4) is 5.69 Å². The molecular weight excluding hydrogens is 375 g/mol. The highest BCUT2D eigenvalue weighted by atomic mass is 79.9. The molecule has 0 bridgehead atoms. The molecule has 5 nitrogen and oxygen atoms in total. The summed E-state index contributed by atoms with van der Waals surface area (Å²) in [6.07, 6.45) is 3.07. The van der Waals surface area contributed by atoms with E-state index in [1.54, 1.807) is 17.1 Å². The summed E-state index contributed by atoms with van der Waals surface area (Å²) in [5, 5.41) is 6.85. The molecule has 7 heteroatoms. The largest absolute Gasteiger partial charge is 0.345 e. The standard InChI is InChI=1S/C17H14BrFN4O/c1-11(22-17(24)15-7-4-13(18)8-16(15)19)12-2-5-14(6-3-12)23-10-20-9-21-23/h2-11H,1H3,(H,22,24). The molecule has 1 N–H and O–H groups in total.